The Balaban J connectivity index is 3.30. The minimum atomic E-state index is -0.523. The SMILES string of the molecule is COc1cc(CF)cc(C(C)CN)c1OC. The van der Waals surface area contributed by atoms with Gasteiger partial charge in [-0.15, -0.1) is 0 Å². The summed E-state index contributed by atoms with van der Waals surface area (Å²) in [5, 5.41) is 0. The van der Waals surface area contributed by atoms with E-state index in [4.69, 9.17) is 15.2 Å². The molecule has 0 amide bonds. The van der Waals surface area contributed by atoms with Gasteiger partial charge in [0.1, 0.15) is 6.67 Å². The molecule has 0 aliphatic rings. The minimum Gasteiger partial charge on any atom is -0.493 e. The first-order valence-electron chi connectivity index (χ1n) is 5.18. The Bertz CT molecular complexity index is 355. The summed E-state index contributed by atoms with van der Waals surface area (Å²) in [5.74, 6) is 1.29. The van der Waals surface area contributed by atoms with Crippen molar-refractivity contribution in [3.63, 3.8) is 0 Å². The lowest BCUT2D eigenvalue weighted by Gasteiger charge is -2.17. The van der Waals surface area contributed by atoms with Gasteiger partial charge in [-0.2, -0.15) is 0 Å². The molecule has 0 fully saturated rings. The van der Waals surface area contributed by atoms with Crippen molar-refractivity contribution < 1.29 is 13.9 Å². The standard InChI is InChI=1S/C12H18FNO2/c1-8(7-14)10-4-9(6-13)5-11(15-2)12(10)16-3/h4-5,8H,6-7,14H2,1-3H3. The van der Waals surface area contributed by atoms with E-state index in [2.05, 4.69) is 0 Å². The van der Waals surface area contributed by atoms with Crippen molar-refractivity contribution in [2.75, 3.05) is 20.8 Å². The van der Waals surface area contributed by atoms with Crippen LogP contribution >= 0.6 is 0 Å². The summed E-state index contributed by atoms with van der Waals surface area (Å²) in [4.78, 5) is 0. The number of rotatable bonds is 5. The lowest BCUT2D eigenvalue weighted by atomic mass is 9.97. The number of alkyl halides is 1. The molecule has 0 aliphatic carbocycles. The highest BCUT2D eigenvalue weighted by molar-refractivity contribution is 5.51. The fourth-order valence-electron chi connectivity index (χ4n) is 1.62. The molecule has 1 aromatic rings. The van der Waals surface area contributed by atoms with E-state index in [1.165, 1.54) is 7.11 Å². The van der Waals surface area contributed by atoms with Crippen LogP contribution in [0.1, 0.15) is 24.0 Å². The lowest BCUT2D eigenvalue weighted by molar-refractivity contribution is 0.348. The van der Waals surface area contributed by atoms with Gasteiger partial charge in [0.05, 0.1) is 14.2 Å². The molecule has 1 unspecified atom stereocenters. The molecule has 0 saturated heterocycles. The first-order valence-corrected chi connectivity index (χ1v) is 5.18. The third-order valence-electron chi connectivity index (χ3n) is 2.61. The maximum atomic E-state index is 12.7. The van der Waals surface area contributed by atoms with Crippen LogP contribution in [0.25, 0.3) is 0 Å². The third kappa shape index (κ3) is 2.44. The molecule has 4 heteroatoms. The molecule has 0 bridgehead atoms. The van der Waals surface area contributed by atoms with Gasteiger partial charge in [-0.05, 0) is 30.2 Å². The van der Waals surface area contributed by atoms with E-state index in [9.17, 15) is 4.39 Å². The van der Waals surface area contributed by atoms with E-state index in [1.54, 1.807) is 19.2 Å². The molecule has 0 spiro atoms. The van der Waals surface area contributed by atoms with Crippen LogP contribution in [-0.2, 0) is 6.67 Å². The van der Waals surface area contributed by atoms with Crippen LogP contribution in [0.4, 0.5) is 4.39 Å². The average molecular weight is 227 g/mol. The van der Waals surface area contributed by atoms with Crippen molar-refractivity contribution in [2.24, 2.45) is 5.73 Å². The Kier molecular flexibility index (Phi) is 4.55. The number of benzene rings is 1. The van der Waals surface area contributed by atoms with E-state index in [-0.39, 0.29) is 5.92 Å². The van der Waals surface area contributed by atoms with Gasteiger partial charge in [0.2, 0.25) is 0 Å². The van der Waals surface area contributed by atoms with Crippen molar-refractivity contribution in [1.82, 2.24) is 0 Å². The first kappa shape index (κ1) is 12.8. The Morgan fingerprint density at radius 3 is 2.44 bits per heavy atom. The second-order valence-electron chi connectivity index (χ2n) is 3.69. The third-order valence-corrected chi connectivity index (χ3v) is 2.61. The van der Waals surface area contributed by atoms with Gasteiger partial charge in [-0.3, -0.25) is 0 Å². The molecular formula is C12H18FNO2. The number of halogens is 1. The lowest BCUT2D eigenvalue weighted by Crippen LogP contribution is -2.11. The molecule has 0 radical (unpaired) electrons. The predicted octanol–water partition coefficient (Wildman–Crippen LogP) is 2.24. The second-order valence-corrected chi connectivity index (χ2v) is 3.69. The quantitative estimate of drug-likeness (QED) is 0.839. The van der Waals surface area contributed by atoms with Gasteiger partial charge in [-0.25, -0.2) is 4.39 Å². The number of ether oxygens (including phenoxy) is 2. The van der Waals surface area contributed by atoms with E-state index >= 15 is 0 Å². The van der Waals surface area contributed by atoms with E-state index in [1.807, 2.05) is 6.92 Å². The molecule has 0 heterocycles. The molecule has 90 valence electrons. The van der Waals surface area contributed by atoms with Crippen LogP contribution in [0.15, 0.2) is 12.1 Å². The molecule has 1 rings (SSSR count). The maximum absolute atomic E-state index is 12.7. The van der Waals surface area contributed by atoms with Crippen molar-refractivity contribution in [1.29, 1.82) is 0 Å². The highest BCUT2D eigenvalue weighted by Crippen LogP contribution is 2.36. The monoisotopic (exact) mass is 227 g/mol. The van der Waals surface area contributed by atoms with E-state index in [0.717, 1.165) is 5.56 Å². The van der Waals surface area contributed by atoms with Crippen LogP contribution in [-0.4, -0.2) is 20.8 Å². The molecule has 2 N–H and O–H groups in total. The normalized spacial score (nSPS) is 12.3. The van der Waals surface area contributed by atoms with Crippen LogP contribution in [0.2, 0.25) is 0 Å². The first-order chi connectivity index (χ1) is 7.67. The summed E-state index contributed by atoms with van der Waals surface area (Å²) in [6.07, 6.45) is 0. The summed E-state index contributed by atoms with van der Waals surface area (Å²) >= 11 is 0. The molecule has 0 aromatic heterocycles. The Hall–Kier alpha value is -1.29. The summed E-state index contributed by atoms with van der Waals surface area (Å²) in [5.41, 5.74) is 7.08. The Labute approximate surface area is 95.4 Å². The van der Waals surface area contributed by atoms with Crippen LogP contribution in [0.3, 0.4) is 0 Å². The van der Waals surface area contributed by atoms with Crippen molar-refractivity contribution in [3.8, 4) is 11.5 Å². The molecule has 3 nitrogen and oxygen atoms in total. The summed E-state index contributed by atoms with van der Waals surface area (Å²) in [6, 6.07) is 3.42. The Morgan fingerprint density at radius 2 is 2.00 bits per heavy atom. The van der Waals surface area contributed by atoms with Gasteiger partial charge in [0, 0.05) is 5.56 Å². The maximum Gasteiger partial charge on any atom is 0.164 e. The molecular weight excluding hydrogens is 209 g/mol. The minimum absolute atomic E-state index is 0.107. The van der Waals surface area contributed by atoms with Gasteiger partial charge in [0.15, 0.2) is 11.5 Å². The van der Waals surface area contributed by atoms with Crippen molar-refractivity contribution in [2.45, 2.75) is 19.5 Å². The number of nitrogens with two attached hydrogens (primary N) is 1. The highest BCUT2D eigenvalue weighted by Gasteiger charge is 2.16. The molecule has 0 saturated carbocycles. The predicted molar refractivity (Wildman–Crippen MR) is 61.8 cm³/mol. The van der Waals surface area contributed by atoms with Crippen LogP contribution < -0.4 is 15.2 Å². The fraction of sp³-hybridized carbons (Fsp3) is 0.500. The number of methoxy groups -OCH3 is 2. The summed E-state index contributed by atoms with van der Waals surface area (Å²) in [7, 11) is 3.11. The number of hydrogen-bond donors (Lipinski definition) is 1. The highest BCUT2D eigenvalue weighted by atomic mass is 19.1. The van der Waals surface area contributed by atoms with Gasteiger partial charge in [0.25, 0.3) is 0 Å². The van der Waals surface area contributed by atoms with Gasteiger partial charge in [-0.1, -0.05) is 6.92 Å². The van der Waals surface area contributed by atoms with E-state index < -0.39 is 6.67 Å². The zero-order valence-electron chi connectivity index (χ0n) is 9.92. The molecule has 1 aromatic carbocycles. The molecule has 1 atom stereocenters. The molecule has 0 aliphatic heterocycles. The Morgan fingerprint density at radius 1 is 1.31 bits per heavy atom. The smallest absolute Gasteiger partial charge is 0.164 e. The number of hydrogen-bond acceptors (Lipinski definition) is 3. The van der Waals surface area contributed by atoms with Gasteiger partial charge < -0.3 is 15.2 Å². The van der Waals surface area contributed by atoms with Crippen LogP contribution in [0.5, 0.6) is 11.5 Å². The zero-order chi connectivity index (χ0) is 12.1. The van der Waals surface area contributed by atoms with Crippen LogP contribution in [0, 0.1) is 0 Å². The molecule has 16 heavy (non-hydrogen) atoms. The van der Waals surface area contributed by atoms with Crippen molar-refractivity contribution in [3.05, 3.63) is 23.3 Å². The summed E-state index contributed by atoms with van der Waals surface area (Å²) < 4.78 is 23.2. The van der Waals surface area contributed by atoms with Crippen molar-refractivity contribution >= 4 is 0 Å². The largest absolute Gasteiger partial charge is 0.493 e. The average Bonchev–Trinajstić information content (AvgIpc) is 2.35. The fourth-order valence-corrected chi connectivity index (χ4v) is 1.62. The summed E-state index contributed by atoms with van der Waals surface area (Å²) in [6.45, 7) is 1.93. The van der Waals surface area contributed by atoms with E-state index in [0.29, 0.717) is 23.6 Å². The second kappa shape index (κ2) is 5.70. The van der Waals surface area contributed by atoms with Gasteiger partial charge >= 0.3 is 0 Å². The zero-order valence-corrected chi connectivity index (χ0v) is 9.92. The topological polar surface area (TPSA) is 44.5 Å².